The van der Waals surface area contributed by atoms with Crippen LogP contribution in [0, 0.1) is 5.92 Å². The molecule has 2 aromatic heterocycles. The van der Waals surface area contributed by atoms with Crippen molar-refractivity contribution < 1.29 is 9.32 Å². The molecule has 1 saturated heterocycles. The molecule has 20 heavy (non-hydrogen) atoms. The molecule has 1 aliphatic heterocycles. The van der Waals surface area contributed by atoms with Crippen molar-refractivity contribution in [3.8, 4) is 11.4 Å². The first-order valence-electron chi connectivity index (χ1n) is 6.83. The predicted molar refractivity (Wildman–Crippen MR) is 76.3 cm³/mol. The first kappa shape index (κ1) is 13.3. The van der Waals surface area contributed by atoms with Gasteiger partial charge in [-0.25, -0.2) is 0 Å². The Kier molecular flexibility index (Phi) is 3.82. The zero-order valence-corrected chi connectivity index (χ0v) is 12.2. The van der Waals surface area contributed by atoms with Gasteiger partial charge in [-0.3, -0.25) is 4.79 Å². The summed E-state index contributed by atoms with van der Waals surface area (Å²) < 4.78 is 5.33. The Hall–Kier alpha value is -1.69. The van der Waals surface area contributed by atoms with Crippen LogP contribution < -0.4 is 0 Å². The number of carbonyl (C=O) groups is 1. The smallest absolute Gasteiger partial charge is 0.227 e. The molecule has 0 aliphatic carbocycles. The van der Waals surface area contributed by atoms with Gasteiger partial charge in [0.15, 0.2) is 0 Å². The molecule has 106 valence electrons. The van der Waals surface area contributed by atoms with Crippen LogP contribution in [0.2, 0.25) is 0 Å². The number of amides is 1. The monoisotopic (exact) mass is 291 g/mol. The van der Waals surface area contributed by atoms with Gasteiger partial charge in [-0.1, -0.05) is 5.16 Å². The van der Waals surface area contributed by atoms with E-state index in [0.29, 0.717) is 17.6 Å². The first-order valence-corrected chi connectivity index (χ1v) is 7.77. The summed E-state index contributed by atoms with van der Waals surface area (Å²) in [5, 5.41) is 8.02. The van der Waals surface area contributed by atoms with Crippen LogP contribution >= 0.6 is 11.3 Å². The first-order chi connectivity index (χ1) is 9.72. The van der Waals surface area contributed by atoms with E-state index in [1.54, 1.807) is 18.3 Å². The fourth-order valence-electron chi connectivity index (χ4n) is 2.61. The van der Waals surface area contributed by atoms with Gasteiger partial charge < -0.3 is 9.42 Å². The van der Waals surface area contributed by atoms with Gasteiger partial charge in [0.05, 0.1) is 0 Å². The molecular formula is C14H17N3O2S. The molecule has 1 fully saturated rings. The molecule has 0 radical (unpaired) electrons. The van der Waals surface area contributed by atoms with E-state index in [-0.39, 0.29) is 5.91 Å². The third-order valence-electron chi connectivity index (χ3n) is 3.68. The molecule has 0 spiro atoms. The molecule has 1 atom stereocenters. The maximum atomic E-state index is 11.4. The summed E-state index contributed by atoms with van der Waals surface area (Å²) in [6.45, 7) is 3.30. The van der Waals surface area contributed by atoms with E-state index in [1.165, 1.54) is 0 Å². The molecule has 3 rings (SSSR count). The molecule has 1 amide bonds. The predicted octanol–water partition coefficient (Wildman–Crippen LogP) is 2.60. The van der Waals surface area contributed by atoms with Gasteiger partial charge in [0.1, 0.15) is 0 Å². The van der Waals surface area contributed by atoms with Crippen LogP contribution in [0.1, 0.15) is 25.7 Å². The van der Waals surface area contributed by atoms with Gasteiger partial charge in [-0.15, -0.1) is 0 Å². The lowest BCUT2D eigenvalue weighted by Crippen LogP contribution is -2.39. The molecule has 1 aliphatic rings. The Morgan fingerprint density at radius 2 is 2.50 bits per heavy atom. The third kappa shape index (κ3) is 2.90. The van der Waals surface area contributed by atoms with Gasteiger partial charge in [-0.05, 0) is 30.2 Å². The number of likely N-dealkylation sites (tertiary alicyclic amines) is 1. The zero-order valence-electron chi connectivity index (χ0n) is 11.4. The van der Waals surface area contributed by atoms with Crippen LogP contribution in [0.15, 0.2) is 21.3 Å². The molecule has 0 saturated carbocycles. The highest BCUT2D eigenvalue weighted by molar-refractivity contribution is 7.08. The van der Waals surface area contributed by atoms with E-state index < -0.39 is 0 Å². The van der Waals surface area contributed by atoms with E-state index in [0.717, 1.165) is 37.9 Å². The molecule has 3 heterocycles. The van der Waals surface area contributed by atoms with Crippen LogP contribution in [-0.2, 0) is 11.2 Å². The summed E-state index contributed by atoms with van der Waals surface area (Å²) in [5.41, 5.74) is 0.999. The average Bonchev–Trinajstić information content (AvgIpc) is 3.09. The van der Waals surface area contributed by atoms with E-state index in [9.17, 15) is 4.79 Å². The molecule has 2 aromatic rings. The highest BCUT2D eigenvalue weighted by atomic mass is 32.1. The number of hydrogen-bond donors (Lipinski definition) is 0. The van der Waals surface area contributed by atoms with Gasteiger partial charge >= 0.3 is 0 Å². The van der Waals surface area contributed by atoms with E-state index >= 15 is 0 Å². The summed E-state index contributed by atoms with van der Waals surface area (Å²) in [5.74, 6) is 1.89. The minimum Gasteiger partial charge on any atom is -0.343 e. The topological polar surface area (TPSA) is 59.2 Å². The van der Waals surface area contributed by atoms with E-state index in [4.69, 9.17) is 4.52 Å². The van der Waals surface area contributed by atoms with Crippen LogP contribution in [0.25, 0.3) is 11.4 Å². The number of aromatic nitrogens is 2. The summed E-state index contributed by atoms with van der Waals surface area (Å²) >= 11 is 1.62. The van der Waals surface area contributed by atoms with Crippen LogP contribution in [0.5, 0.6) is 0 Å². The number of carbonyl (C=O) groups excluding carboxylic acids is 1. The van der Waals surface area contributed by atoms with Gasteiger partial charge in [0.2, 0.25) is 17.6 Å². The molecule has 0 aromatic carbocycles. The van der Waals surface area contributed by atoms with E-state index in [2.05, 4.69) is 10.1 Å². The SMILES string of the molecule is CC(=O)N1CCC[C@@H](Cc2nc(-c3ccsc3)no2)C1. The normalized spacial score (nSPS) is 19.2. The van der Waals surface area contributed by atoms with E-state index in [1.807, 2.05) is 21.7 Å². The minimum atomic E-state index is 0.152. The fourth-order valence-corrected chi connectivity index (χ4v) is 3.25. The summed E-state index contributed by atoms with van der Waals surface area (Å²) in [6, 6.07) is 1.98. The standard InChI is InChI=1S/C14H17N3O2S/c1-10(18)17-5-2-3-11(8-17)7-13-15-14(16-19-13)12-4-6-20-9-12/h4,6,9,11H,2-3,5,7-8H2,1H3/t11-/m0/s1. The van der Waals surface area contributed by atoms with Gasteiger partial charge in [-0.2, -0.15) is 16.3 Å². The number of nitrogens with zero attached hydrogens (tertiary/aromatic N) is 3. The number of hydrogen-bond acceptors (Lipinski definition) is 5. The quantitative estimate of drug-likeness (QED) is 0.872. The van der Waals surface area contributed by atoms with Crippen molar-refractivity contribution in [2.24, 2.45) is 5.92 Å². The Labute approximate surface area is 121 Å². The second-order valence-corrected chi connectivity index (χ2v) is 5.98. The number of thiophene rings is 1. The molecule has 0 bridgehead atoms. The molecule has 5 nitrogen and oxygen atoms in total. The molecule has 0 N–H and O–H groups in total. The fraction of sp³-hybridized carbons (Fsp3) is 0.500. The highest BCUT2D eigenvalue weighted by Crippen LogP contribution is 2.23. The highest BCUT2D eigenvalue weighted by Gasteiger charge is 2.23. The Morgan fingerprint density at radius 1 is 1.60 bits per heavy atom. The summed E-state index contributed by atoms with van der Waals surface area (Å²) in [4.78, 5) is 17.8. The van der Waals surface area contributed by atoms with Crippen LogP contribution in [-0.4, -0.2) is 34.0 Å². The van der Waals surface area contributed by atoms with Crippen molar-refractivity contribution in [3.05, 3.63) is 22.7 Å². The summed E-state index contributed by atoms with van der Waals surface area (Å²) in [6.07, 6.45) is 2.91. The maximum absolute atomic E-state index is 11.4. The minimum absolute atomic E-state index is 0.152. The van der Waals surface area contributed by atoms with Crippen molar-refractivity contribution in [2.45, 2.75) is 26.2 Å². The van der Waals surface area contributed by atoms with Crippen LogP contribution in [0.4, 0.5) is 0 Å². The zero-order chi connectivity index (χ0) is 13.9. The lowest BCUT2D eigenvalue weighted by atomic mass is 9.95. The largest absolute Gasteiger partial charge is 0.343 e. The van der Waals surface area contributed by atoms with Crippen molar-refractivity contribution in [1.82, 2.24) is 15.0 Å². The van der Waals surface area contributed by atoms with Crippen LogP contribution in [0.3, 0.4) is 0 Å². The lowest BCUT2D eigenvalue weighted by Gasteiger charge is -2.31. The molecule has 6 heteroatoms. The van der Waals surface area contributed by atoms with Crippen molar-refractivity contribution in [1.29, 1.82) is 0 Å². The van der Waals surface area contributed by atoms with Gasteiger partial charge in [0.25, 0.3) is 0 Å². The average molecular weight is 291 g/mol. The Bertz CT molecular complexity index is 579. The second kappa shape index (κ2) is 5.75. The van der Waals surface area contributed by atoms with Crippen molar-refractivity contribution in [3.63, 3.8) is 0 Å². The molecular weight excluding hydrogens is 274 g/mol. The molecule has 0 unspecified atom stereocenters. The lowest BCUT2D eigenvalue weighted by molar-refractivity contribution is -0.130. The number of rotatable bonds is 3. The summed E-state index contributed by atoms with van der Waals surface area (Å²) in [7, 11) is 0. The maximum Gasteiger partial charge on any atom is 0.227 e. The Balaban J connectivity index is 1.64. The third-order valence-corrected chi connectivity index (χ3v) is 4.36. The van der Waals surface area contributed by atoms with Gasteiger partial charge in [0, 0.05) is 37.4 Å². The Morgan fingerprint density at radius 3 is 3.25 bits per heavy atom. The van der Waals surface area contributed by atoms with Crippen molar-refractivity contribution in [2.75, 3.05) is 13.1 Å². The number of piperidine rings is 1. The van der Waals surface area contributed by atoms with Crippen molar-refractivity contribution >= 4 is 17.2 Å². The second-order valence-electron chi connectivity index (χ2n) is 5.20.